The highest BCUT2D eigenvalue weighted by Gasteiger charge is 2.30. The summed E-state index contributed by atoms with van der Waals surface area (Å²) in [5.41, 5.74) is 0. The van der Waals surface area contributed by atoms with Crippen molar-refractivity contribution >= 4 is 31.9 Å². The molecule has 0 amide bonds. The van der Waals surface area contributed by atoms with Crippen LogP contribution in [0.25, 0.3) is 0 Å². The van der Waals surface area contributed by atoms with Gasteiger partial charge < -0.3 is 14.5 Å². The highest BCUT2D eigenvalue weighted by Crippen LogP contribution is 2.38. The molecule has 0 spiro atoms. The van der Waals surface area contributed by atoms with Gasteiger partial charge in [0.05, 0.1) is 4.47 Å². The van der Waals surface area contributed by atoms with Crippen LogP contribution in [-0.4, -0.2) is 19.7 Å². The van der Waals surface area contributed by atoms with Crippen molar-refractivity contribution in [2.24, 2.45) is 5.92 Å². The van der Waals surface area contributed by atoms with Crippen molar-refractivity contribution in [1.82, 2.24) is 5.32 Å². The van der Waals surface area contributed by atoms with Crippen LogP contribution in [0.4, 0.5) is 0 Å². The molecule has 1 saturated heterocycles. The molecule has 1 aliphatic heterocycles. The van der Waals surface area contributed by atoms with E-state index < -0.39 is 0 Å². The number of rotatable bonds is 4. The van der Waals surface area contributed by atoms with Gasteiger partial charge >= 0.3 is 0 Å². The number of hydrogen-bond acceptors (Lipinski definition) is 3. The van der Waals surface area contributed by atoms with Gasteiger partial charge in [0.15, 0.2) is 4.67 Å². The summed E-state index contributed by atoms with van der Waals surface area (Å²) in [4.78, 5) is 0. The molecule has 1 aromatic heterocycles. The molecule has 2 unspecified atom stereocenters. The minimum Gasteiger partial charge on any atom is -0.450 e. The van der Waals surface area contributed by atoms with E-state index in [1.54, 1.807) is 0 Å². The van der Waals surface area contributed by atoms with Crippen LogP contribution in [0.3, 0.4) is 0 Å². The summed E-state index contributed by atoms with van der Waals surface area (Å²) in [7, 11) is 0. The largest absolute Gasteiger partial charge is 0.450 e. The van der Waals surface area contributed by atoms with Crippen molar-refractivity contribution < 1.29 is 9.15 Å². The fourth-order valence-corrected chi connectivity index (χ4v) is 2.81. The fourth-order valence-electron chi connectivity index (χ4n) is 2.20. The Labute approximate surface area is 119 Å². The zero-order chi connectivity index (χ0) is 12.3. The van der Waals surface area contributed by atoms with Gasteiger partial charge in [0.25, 0.3) is 0 Å². The monoisotopic (exact) mass is 365 g/mol. The Morgan fingerprint density at radius 1 is 1.47 bits per heavy atom. The van der Waals surface area contributed by atoms with Crippen molar-refractivity contribution in [3.05, 3.63) is 21.0 Å². The number of hydrogen-bond donors (Lipinski definition) is 1. The van der Waals surface area contributed by atoms with E-state index in [0.29, 0.717) is 5.92 Å². The summed E-state index contributed by atoms with van der Waals surface area (Å²) in [6.07, 6.45) is 2.40. The van der Waals surface area contributed by atoms with Gasteiger partial charge in [-0.1, -0.05) is 6.92 Å². The molecule has 1 N–H and O–H groups in total. The van der Waals surface area contributed by atoms with E-state index in [1.165, 1.54) is 6.42 Å². The average molecular weight is 367 g/mol. The summed E-state index contributed by atoms with van der Waals surface area (Å²) in [6.45, 7) is 4.92. The molecular formula is C12H17Br2NO2. The first kappa shape index (κ1) is 13.6. The highest BCUT2D eigenvalue weighted by atomic mass is 79.9. The van der Waals surface area contributed by atoms with Crippen molar-refractivity contribution in [2.45, 2.75) is 25.9 Å². The maximum atomic E-state index is 5.87. The van der Waals surface area contributed by atoms with Crippen LogP contribution >= 0.6 is 31.9 Å². The summed E-state index contributed by atoms with van der Waals surface area (Å²) in [5.74, 6) is 1.40. The Kier molecular flexibility index (Phi) is 5.09. The highest BCUT2D eigenvalue weighted by molar-refractivity contribution is 9.13. The Bertz CT molecular complexity index is 348. The Hall–Kier alpha value is 0.160. The first-order valence-electron chi connectivity index (χ1n) is 5.99. The summed E-state index contributed by atoms with van der Waals surface area (Å²) < 4.78 is 13.2. The smallest absolute Gasteiger partial charge is 0.183 e. The van der Waals surface area contributed by atoms with Gasteiger partial charge in [0.1, 0.15) is 11.9 Å². The molecule has 1 aromatic rings. The van der Waals surface area contributed by atoms with E-state index in [4.69, 9.17) is 9.15 Å². The van der Waals surface area contributed by atoms with Crippen molar-refractivity contribution in [1.29, 1.82) is 0 Å². The standard InChI is InChI=1S/C12H17Br2NO2/c1-2-15-7-8-4-3-5-16-11(8)10-6-9(13)12(14)17-10/h6,8,11,15H,2-5,7H2,1H3. The molecule has 96 valence electrons. The van der Waals surface area contributed by atoms with Crippen LogP contribution in [0, 0.1) is 5.92 Å². The molecule has 5 heteroatoms. The molecule has 0 aliphatic carbocycles. The fraction of sp³-hybridized carbons (Fsp3) is 0.667. The molecule has 2 rings (SSSR count). The van der Waals surface area contributed by atoms with E-state index in [1.807, 2.05) is 6.07 Å². The molecule has 3 nitrogen and oxygen atoms in total. The minimum absolute atomic E-state index is 0.0744. The van der Waals surface area contributed by atoms with E-state index >= 15 is 0 Å². The quantitative estimate of drug-likeness (QED) is 0.877. The maximum Gasteiger partial charge on any atom is 0.183 e. The third-order valence-corrected chi connectivity index (χ3v) is 4.76. The first-order valence-corrected chi connectivity index (χ1v) is 7.58. The van der Waals surface area contributed by atoms with Crippen LogP contribution in [0.1, 0.15) is 31.6 Å². The van der Waals surface area contributed by atoms with Gasteiger partial charge in [-0.2, -0.15) is 0 Å². The predicted molar refractivity (Wildman–Crippen MR) is 74.1 cm³/mol. The van der Waals surface area contributed by atoms with E-state index in [0.717, 1.165) is 41.0 Å². The second-order valence-electron chi connectivity index (χ2n) is 4.27. The van der Waals surface area contributed by atoms with Gasteiger partial charge in [0.2, 0.25) is 0 Å². The van der Waals surface area contributed by atoms with Crippen LogP contribution in [-0.2, 0) is 4.74 Å². The molecule has 2 heterocycles. The van der Waals surface area contributed by atoms with Gasteiger partial charge in [-0.25, -0.2) is 0 Å². The number of ether oxygens (including phenoxy) is 1. The lowest BCUT2D eigenvalue weighted by molar-refractivity contribution is -0.0398. The van der Waals surface area contributed by atoms with Crippen LogP contribution in [0.2, 0.25) is 0 Å². The third-order valence-electron chi connectivity index (χ3n) is 3.05. The normalized spacial score (nSPS) is 25.1. The molecule has 0 saturated carbocycles. The SMILES string of the molecule is CCNCC1CCCOC1c1cc(Br)c(Br)o1. The minimum atomic E-state index is 0.0744. The number of nitrogens with one attached hydrogen (secondary N) is 1. The van der Waals surface area contributed by atoms with Gasteiger partial charge in [0, 0.05) is 19.1 Å². The molecule has 1 aliphatic rings. The van der Waals surface area contributed by atoms with Crippen LogP contribution in [0.15, 0.2) is 19.6 Å². The summed E-state index contributed by atoms with van der Waals surface area (Å²) in [6, 6.07) is 2.00. The van der Waals surface area contributed by atoms with Crippen molar-refractivity contribution in [2.75, 3.05) is 19.7 Å². The molecule has 2 atom stereocenters. The molecule has 0 bridgehead atoms. The second-order valence-corrected chi connectivity index (χ2v) is 5.85. The number of halogens is 2. The Morgan fingerprint density at radius 3 is 2.94 bits per heavy atom. The predicted octanol–water partition coefficient (Wildman–Crippen LogP) is 3.88. The Morgan fingerprint density at radius 2 is 2.29 bits per heavy atom. The lowest BCUT2D eigenvalue weighted by atomic mass is 9.92. The third kappa shape index (κ3) is 3.34. The summed E-state index contributed by atoms with van der Waals surface area (Å²) >= 11 is 6.81. The Balaban J connectivity index is 2.09. The second kappa shape index (κ2) is 6.36. The first-order chi connectivity index (χ1) is 8.22. The number of furan rings is 1. The van der Waals surface area contributed by atoms with E-state index in [9.17, 15) is 0 Å². The molecule has 0 aromatic carbocycles. The summed E-state index contributed by atoms with van der Waals surface area (Å²) in [5, 5.41) is 3.39. The van der Waals surface area contributed by atoms with Crippen molar-refractivity contribution in [3.8, 4) is 0 Å². The van der Waals surface area contributed by atoms with Crippen LogP contribution in [0.5, 0.6) is 0 Å². The van der Waals surface area contributed by atoms with Gasteiger partial charge in [-0.3, -0.25) is 0 Å². The zero-order valence-electron chi connectivity index (χ0n) is 9.84. The van der Waals surface area contributed by atoms with E-state index in [-0.39, 0.29) is 6.10 Å². The zero-order valence-corrected chi connectivity index (χ0v) is 13.0. The van der Waals surface area contributed by atoms with Crippen molar-refractivity contribution in [3.63, 3.8) is 0 Å². The lowest BCUT2D eigenvalue weighted by Crippen LogP contribution is -2.31. The maximum absolute atomic E-state index is 5.87. The average Bonchev–Trinajstić information content (AvgIpc) is 2.67. The molecule has 17 heavy (non-hydrogen) atoms. The van der Waals surface area contributed by atoms with Gasteiger partial charge in [-0.15, -0.1) is 0 Å². The molecule has 0 radical (unpaired) electrons. The topological polar surface area (TPSA) is 34.4 Å². The van der Waals surface area contributed by atoms with E-state index in [2.05, 4.69) is 44.1 Å². The van der Waals surface area contributed by atoms with Crippen LogP contribution < -0.4 is 5.32 Å². The van der Waals surface area contributed by atoms with Gasteiger partial charge in [-0.05, 0) is 57.3 Å². The molecule has 1 fully saturated rings. The molecular weight excluding hydrogens is 350 g/mol. The lowest BCUT2D eigenvalue weighted by Gasteiger charge is -2.30.